The van der Waals surface area contributed by atoms with Gasteiger partial charge in [-0.25, -0.2) is 4.39 Å². The SMILES string of the molecule is O=C(O)CC(=O)c1ccc(-c2ccccc2F)cc1. The third kappa shape index (κ3) is 3.04. The van der Waals surface area contributed by atoms with Crippen molar-refractivity contribution in [1.82, 2.24) is 0 Å². The highest BCUT2D eigenvalue weighted by molar-refractivity contribution is 6.05. The maximum atomic E-state index is 13.6. The van der Waals surface area contributed by atoms with Gasteiger partial charge in [-0.1, -0.05) is 42.5 Å². The highest BCUT2D eigenvalue weighted by atomic mass is 19.1. The number of ketones is 1. The molecule has 0 radical (unpaired) electrons. The van der Waals surface area contributed by atoms with E-state index in [0.29, 0.717) is 16.7 Å². The number of carbonyl (C=O) groups is 2. The van der Waals surface area contributed by atoms with E-state index >= 15 is 0 Å². The smallest absolute Gasteiger partial charge is 0.311 e. The lowest BCUT2D eigenvalue weighted by Crippen LogP contribution is -2.06. The van der Waals surface area contributed by atoms with Crippen molar-refractivity contribution in [3.05, 3.63) is 59.9 Å². The average Bonchev–Trinajstić information content (AvgIpc) is 2.39. The minimum atomic E-state index is -1.16. The fourth-order valence-corrected chi connectivity index (χ4v) is 1.77. The molecule has 0 saturated heterocycles. The number of carboxylic acids is 1. The van der Waals surface area contributed by atoms with Crippen LogP contribution in [0.1, 0.15) is 16.8 Å². The molecule has 0 amide bonds. The van der Waals surface area contributed by atoms with E-state index in [4.69, 9.17) is 5.11 Å². The van der Waals surface area contributed by atoms with E-state index in [9.17, 15) is 14.0 Å². The molecule has 0 aromatic heterocycles. The Balaban J connectivity index is 2.26. The van der Waals surface area contributed by atoms with Gasteiger partial charge in [-0.2, -0.15) is 0 Å². The Morgan fingerprint density at radius 1 is 1.00 bits per heavy atom. The van der Waals surface area contributed by atoms with Gasteiger partial charge >= 0.3 is 5.97 Å². The summed E-state index contributed by atoms with van der Waals surface area (Å²) in [6.07, 6.45) is -0.543. The normalized spacial score (nSPS) is 10.2. The van der Waals surface area contributed by atoms with E-state index in [1.165, 1.54) is 18.2 Å². The van der Waals surface area contributed by atoms with E-state index in [0.717, 1.165) is 0 Å². The molecule has 2 aromatic rings. The van der Waals surface area contributed by atoms with Crippen molar-refractivity contribution >= 4 is 11.8 Å². The quantitative estimate of drug-likeness (QED) is 0.677. The summed E-state index contributed by atoms with van der Waals surface area (Å²) in [6, 6.07) is 12.6. The molecule has 3 nitrogen and oxygen atoms in total. The molecule has 96 valence electrons. The Morgan fingerprint density at radius 3 is 2.21 bits per heavy atom. The summed E-state index contributed by atoms with van der Waals surface area (Å²) in [7, 11) is 0. The van der Waals surface area contributed by atoms with Crippen molar-refractivity contribution in [1.29, 1.82) is 0 Å². The Hall–Kier alpha value is -2.49. The maximum Gasteiger partial charge on any atom is 0.311 e. The topological polar surface area (TPSA) is 54.4 Å². The van der Waals surface area contributed by atoms with Gasteiger partial charge in [0, 0.05) is 11.1 Å². The zero-order valence-corrected chi connectivity index (χ0v) is 9.97. The molecule has 0 atom stereocenters. The van der Waals surface area contributed by atoms with Gasteiger partial charge in [-0.05, 0) is 11.6 Å². The van der Waals surface area contributed by atoms with Gasteiger partial charge in [0.1, 0.15) is 12.2 Å². The largest absolute Gasteiger partial charge is 0.481 e. The van der Waals surface area contributed by atoms with Crippen molar-refractivity contribution in [3.63, 3.8) is 0 Å². The number of halogens is 1. The van der Waals surface area contributed by atoms with Gasteiger partial charge in [0.05, 0.1) is 0 Å². The molecule has 1 N–H and O–H groups in total. The average molecular weight is 258 g/mol. The predicted molar refractivity (Wildman–Crippen MR) is 68.4 cm³/mol. The zero-order valence-electron chi connectivity index (χ0n) is 9.97. The molecule has 0 aliphatic rings. The first-order chi connectivity index (χ1) is 9.08. The van der Waals surface area contributed by atoms with Crippen molar-refractivity contribution in [2.24, 2.45) is 0 Å². The summed E-state index contributed by atoms with van der Waals surface area (Å²) >= 11 is 0. The van der Waals surface area contributed by atoms with Gasteiger partial charge in [0.2, 0.25) is 0 Å². The third-order valence-electron chi connectivity index (χ3n) is 2.70. The number of hydrogen-bond acceptors (Lipinski definition) is 2. The lowest BCUT2D eigenvalue weighted by molar-refractivity contribution is -0.135. The number of carboxylic acid groups (broad SMARTS) is 1. The minimum absolute atomic E-state index is 0.308. The Kier molecular flexibility index (Phi) is 3.71. The van der Waals surface area contributed by atoms with Crippen molar-refractivity contribution in [2.45, 2.75) is 6.42 Å². The van der Waals surface area contributed by atoms with Crippen LogP contribution in [0.25, 0.3) is 11.1 Å². The second-order valence-electron chi connectivity index (χ2n) is 4.05. The summed E-state index contributed by atoms with van der Waals surface area (Å²) in [5, 5.41) is 8.54. The molecule has 2 aromatic carbocycles. The van der Waals surface area contributed by atoms with Crippen LogP contribution in [-0.2, 0) is 4.79 Å². The first-order valence-electron chi connectivity index (χ1n) is 5.68. The van der Waals surface area contributed by atoms with Gasteiger partial charge in [-0.15, -0.1) is 0 Å². The van der Waals surface area contributed by atoms with E-state index in [1.807, 2.05) is 0 Å². The lowest BCUT2D eigenvalue weighted by Gasteiger charge is -2.04. The number of hydrogen-bond donors (Lipinski definition) is 1. The molecule has 4 heteroatoms. The molecule has 0 saturated carbocycles. The van der Waals surface area contributed by atoms with Crippen molar-refractivity contribution < 1.29 is 19.1 Å². The fraction of sp³-hybridized carbons (Fsp3) is 0.0667. The Labute approximate surface area is 109 Å². The highest BCUT2D eigenvalue weighted by Gasteiger charge is 2.11. The van der Waals surface area contributed by atoms with Crippen LogP contribution >= 0.6 is 0 Å². The zero-order chi connectivity index (χ0) is 13.8. The molecule has 0 heterocycles. The molecular weight excluding hydrogens is 247 g/mol. The van der Waals surface area contributed by atoms with Crippen LogP contribution in [0, 0.1) is 5.82 Å². The van der Waals surface area contributed by atoms with Gasteiger partial charge < -0.3 is 5.11 Å². The number of benzene rings is 2. The third-order valence-corrected chi connectivity index (χ3v) is 2.70. The van der Waals surface area contributed by atoms with Crippen molar-refractivity contribution in [3.8, 4) is 11.1 Å². The molecule has 0 aliphatic carbocycles. The highest BCUT2D eigenvalue weighted by Crippen LogP contribution is 2.23. The lowest BCUT2D eigenvalue weighted by atomic mass is 10.0. The summed E-state index contributed by atoms with van der Waals surface area (Å²) in [4.78, 5) is 22.0. The van der Waals surface area contributed by atoms with Gasteiger partial charge in [0.15, 0.2) is 5.78 Å². The van der Waals surface area contributed by atoms with Crippen LogP contribution in [-0.4, -0.2) is 16.9 Å². The summed E-state index contributed by atoms with van der Waals surface area (Å²) < 4.78 is 13.6. The Morgan fingerprint density at radius 2 is 1.63 bits per heavy atom. The predicted octanol–water partition coefficient (Wildman–Crippen LogP) is 3.15. The van der Waals surface area contributed by atoms with Crippen LogP contribution in [0.5, 0.6) is 0 Å². The molecule has 0 aliphatic heterocycles. The first-order valence-corrected chi connectivity index (χ1v) is 5.68. The monoisotopic (exact) mass is 258 g/mol. The summed E-state index contributed by atoms with van der Waals surface area (Å²) in [5.74, 6) is -1.97. The second kappa shape index (κ2) is 5.44. The second-order valence-corrected chi connectivity index (χ2v) is 4.05. The molecule has 0 spiro atoms. The number of Topliss-reactive ketones (excluding diaryl/α,β-unsaturated/α-hetero) is 1. The van der Waals surface area contributed by atoms with Crippen LogP contribution in [0.15, 0.2) is 48.5 Å². The Bertz CT molecular complexity index is 618. The molecule has 0 unspecified atom stereocenters. The van der Waals surface area contributed by atoms with Crippen LogP contribution in [0.3, 0.4) is 0 Å². The van der Waals surface area contributed by atoms with Gasteiger partial charge in [-0.3, -0.25) is 9.59 Å². The first kappa shape index (κ1) is 13.0. The van der Waals surface area contributed by atoms with Crippen LogP contribution in [0.2, 0.25) is 0 Å². The molecule has 0 fully saturated rings. The molecule has 19 heavy (non-hydrogen) atoms. The number of rotatable bonds is 4. The van der Waals surface area contributed by atoms with Gasteiger partial charge in [0.25, 0.3) is 0 Å². The standard InChI is InChI=1S/C15H11FO3/c16-13-4-2-1-3-12(13)10-5-7-11(8-6-10)14(17)9-15(18)19/h1-8H,9H2,(H,18,19). The number of aliphatic carboxylic acids is 1. The minimum Gasteiger partial charge on any atom is -0.481 e. The van der Waals surface area contributed by atoms with E-state index in [2.05, 4.69) is 0 Å². The van der Waals surface area contributed by atoms with Crippen LogP contribution in [0.4, 0.5) is 4.39 Å². The summed E-state index contributed by atoms with van der Waals surface area (Å²) in [5.41, 5.74) is 1.40. The van der Waals surface area contributed by atoms with E-state index in [1.54, 1.807) is 30.3 Å². The van der Waals surface area contributed by atoms with Crippen LogP contribution < -0.4 is 0 Å². The summed E-state index contributed by atoms with van der Waals surface area (Å²) in [6.45, 7) is 0. The molecular formula is C15H11FO3. The fourth-order valence-electron chi connectivity index (χ4n) is 1.77. The van der Waals surface area contributed by atoms with E-state index in [-0.39, 0.29) is 5.82 Å². The maximum absolute atomic E-state index is 13.6. The molecule has 2 rings (SSSR count). The van der Waals surface area contributed by atoms with E-state index < -0.39 is 18.2 Å². The molecule has 0 bridgehead atoms. The number of carbonyl (C=O) groups excluding carboxylic acids is 1. The van der Waals surface area contributed by atoms with Crippen molar-refractivity contribution in [2.75, 3.05) is 0 Å².